The van der Waals surface area contributed by atoms with Gasteiger partial charge in [-0.3, -0.25) is 9.69 Å². The molecule has 2 aromatic heterocycles. The Bertz CT molecular complexity index is 1020. The number of carbonyl (C=O) groups is 1. The van der Waals surface area contributed by atoms with Crippen molar-refractivity contribution in [3.05, 3.63) is 58.5 Å². The normalized spacial score (nSPS) is 15.4. The number of hydrogen-bond acceptors (Lipinski definition) is 4. The van der Waals surface area contributed by atoms with E-state index in [0.717, 1.165) is 48.3 Å². The van der Waals surface area contributed by atoms with Crippen molar-refractivity contribution >= 4 is 16.9 Å². The highest BCUT2D eigenvalue weighted by atomic mass is 16.5. The highest BCUT2D eigenvalue weighted by Crippen LogP contribution is 2.23. The van der Waals surface area contributed by atoms with Gasteiger partial charge in [0.05, 0.1) is 24.5 Å². The van der Waals surface area contributed by atoms with Gasteiger partial charge in [-0.25, -0.2) is 9.36 Å². The second-order valence-electron chi connectivity index (χ2n) is 6.36. The Kier molecular flexibility index (Phi) is 4.32. The average Bonchev–Trinajstić information content (AvgIpc) is 3.05. The summed E-state index contributed by atoms with van der Waals surface area (Å²) in [5.74, 6) is 0. The van der Waals surface area contributed by atoms with Crippen LogP contribution in [0.4, 0.5) is 4.79 Å². The van der Waals surface area contributed by atoms with Gasteiger partial charge >= 0.3 is 6.03 Å². The third-order valence-corrected chi connectivity index (χ3v) is 4.60. The van der Waals surface area contributed by atoms with Gasteiger partial charge < -0.3 is 15.5 Å². The van der Waals surface area contributed by atoms with Crippen molar-refractivity contribution in [2.45, 2.75) is 6.54 Å². The molecule has 0 spiro atoms. The van der Waals surface area contributed by atoms with Gasteiger partial charge in [0.25, 0.3) is 5.56 Å². The number of H-pyrrole nitrogens is 1. The quantitative estimate of drug-likeness (QED) is 0.749. The number of morpholine rings is 1. The van der Waals surface area contributed by atoms with Crippen molar-refractivity contribution in [2.24, 2.45) is 5.73 Å². The van der Waals surface area contributed by atoms with E-state index >= 15 is 0 Å². The summed E-state index contributed by atoms with van der Waals surface area (Å²) in [6.07, 6.45) is 1.25. The molecule has 1 aliphatic rings. The van der Waals surface area contributed by atoms with Gasteiger partial charge in [-0.1, -0.05) is 6.07 Å². The molecule has 1 fully saturated rings. The number of aromatic amines is 1. The number of benzene rings is 1. The van der Waals surface area contributed by atoms with E-state index in [1.807, 2.05) is 12.1 Å². The smallest absolute Gasteiger partial charge is 0.325 e. The molecule has 1 aliphatic heterocycles. The summed E-state index contributed by atoms with van der Waals surface area (Å²) >= 11 is 0. The van der Waals surface area contributed by atoms with Crippen LogP contribution in [0.2, 0.25) is 0 Å². The lowest BCUT2D eigenvalue weighted by Gasteiger charge is -2.26. The van der Waals surface area contributed by atoms with Gasteiger partial charge in [0, 0.05) is 42.8 Å². The molecule has 7 nitrogen and oxygen atoms in total. The minimum absolute atomic E-state index is 0.359. The molecular formula is C19H19N4O3. The van der Waals surface area contributed by atoms with Crippen LogP contribution in [0, 0.1) is 6.07 Å². The molecule has 133 valence electrons. The molecule has 3 aromatic rings. The monoisotopic (exact) mass is 351 g/mol. The van der Waals surface area contributed by atoms with E-state index in [4.69, 9.17) is 10.5 Å². The molecule has 3 N–H and O–H groups in total. The number of fused-ring (bicyclic) bond motifs is 1. The van der Waals surface area contributed by atoms with Crippen LogP contribution in [0.1, 0.15) is 5.56 Å². The lowest BCUT2D eigenvalue weighted by molar-refractivity contribution is 0.0342. The molecule has 0 unspecified atom stereocenters. The number of carbonyl (C=O) groups excluding carboxylic acids is 1. The van der Waals surface area contributed by atoms with Crippen LogP contribution < -0.4 is 11.3 Å². The van der Waals surface area contributed by atoms with Gasteiger partial charge in [-0.05, 0) is 29.8 Å². The van der Waals surface area contributed by atoms with Crippen LogP contribution in [-0.2, 0) is 11.3 Å². The largest absolute Gasteiger partial charge is 0.379 e. The lowest BCUT2D eigenvalue weighted by Crippen LogP contribution is -2.35. The summed E-state index contributed by atoms with van der Waals surface area (Å²) in [6.45, 7) is 4.28. The van der Waals surface area contributed by atoms with Crippen LogP contribution >= 0.6 is 0 Å². The average molecular weight is 351 g/mol. The Morgan fingerprint density at radius 2 is 2.08 bits per heavy atom. The van der Waals surface area contributed by atoms with E-state index in [1.54, 1.807) is 6.07 Å². The Labute approximate surface area is 150 Å². The second kappa shape index (κ2) is 6.78. The highest BCUT2D eigenvalue weighted by molar-refractivity contribution is 5.86. The first-order valence-corrected chi connectivity index (χ1v) is 8.46. The molecule has 4 rings (SSSR count). The number of nitrogens with zero attached hydrogens (tertiary/aromatic N) is 2. The zero-order valence-corrected chi connectivity index (χ0v) is 14.2. The fourth-order valence-corrected chi connectivity index (χ4v) is 3.24. The first-order valence-electron chi connectivity index (χ1n) is 8.46. The molecule has 1 amide bonds. The molecule has 1 aromatic carbocycles. The summed E-state index contributed by atoms with van der Waals surface area (Å²) < 4.78 is 6.24. The first-order chi connectivity index (χ1) is 12.6. The predicted molar refractivity (Wildman–Crippen MR) is 97.9 cm³/mol. The van der Waals surface area contributed by atoms with Gasteiger partial charge in [-0.15, -0.1) is 0 Å². The van der Waals surface area contributed by atoms with E-state index < -0.39 is 11.6 Å². The van der Waals surface area contributed by atoms with Crippen molar-refractivity contribution in [1.82, 2.24) is 14.5 Å². The minimum Gasteiger partial charge on any atom is -0.379 e. The standard InChI is InChI=1S/C19H19N4O3/c20-19(25)23-5-1-2-15(18(23)24)17-11-14-10-13(3-4-16(14)21-17)12-22-6-8-26-9-7-22/h2-5,10-11,21H,6-9,12H2,(H2,20,25). The van der Waals surface area contributed by atoms with Crippen LogP contribution in [-0.4, -0.2) is 46.8 Å². The Hall–Kier alpha value is -2.90. The molecule has 1 saturated heterocycles. The summed E-state index contributed by atoms with van der Waals surface area (Å²) in [4.78, 5) is 29.4. The molecular weight excluding hydrogens is 332 g/mol. The van der Waals surface area contributed by atoms with Crippen molar-refractivity contribution in [2.75, 3.05) is 26.3 Å². The van der Waals surface area contributed by atoms with Crippen LogP contribution in [0.3, 0.4) is 0 Å². The predicted octanol–water partition coefficient (Wildman–Crippen LogP) is 1.56. The number of primary amides is 1. The van der Waals surface area contributed by atoms with Crippen molar-refractivity contribution in [3.63, 3.8) is 0 Å². The van der Waals surface area contributed by atoms with Crippen LogP contribution in [0.5, 0.6) is 0 Å². The molecule has 3 heterocycles. The number of nitrogens with two attached hydrogens (primary N) is 1. The Morgan fingerprint density at radius 1 is 1.27 bits per heavy atom. The maximum Gasteiger partial charge on any atom is 0.325 e. The molecule has 0 saturated carbocycles. The number of ether oxygens (including phenoxy) is 1. The third-order valence-electron chi connectivity index (χ3n) is 4.60. The zero-order valence-electron chi connectivity index (χ0n) is 14.2. The van der Waals surface area contributed by atoms with E-state index in [1.165, 1.54) is 11.8 Å². The minimum atomic E-state index is -0.822. The fraction of sp³-hybridized carbons (Fsp3) is 0.263. The maximum atomic E-state index is 12.4. The first kappa shape index (κ1) is 16.6. The van der Waals surface area contributed by atoms with Crippen LogP contribution in [0.15, 0.2) is 41.3 Å². The molecule has 1 radical (unpaired) electrons. The van der Waals surface area contributed by atoms with E-state index in [-0.39, 0.29) is 0 Å². The van der Waals surface area contributed by atoms with E-state index in [9.17, 15) is 9.59 Å². The fourth-order valence-electron chi connectivity index (χ4n) is 3.24. The highest BCUT2D eigenvalue weighted by Gasteiger charge is 2.13. The number of hydrogen-bond donors (Lipinski definition) is 2. The van der Waals surface area contributed by atoms with Crippen molar-refractivity contribution < 1.29 is 9.53 Å². The Morgan fingerprint density at radius 3 is 2.85 bits per heavy atom. The van der Waals surface area contributed by atoms with Gasteiger partial charge in [0.2, 0.25) is 0 Å². The maximum absolute atomic E-state index is 12.4. The van der Waals surface area contributed by atoms with E-state index in [0.29, 0.717) is 11.3 Å². The number of aromatic nitrogens is 2. The van der Waals surface area contributed by atoms with Gasteiger partial charge in [0.1, 0.15) is 0 Å². The lowest BCUT2D eigenvalue weighted by atomic mass is 10.1. The van der Waals surface area contributed by atoms with Crippen molar-refractivity contribution in [1.29, 1.82) is 0 Å². The van der Waals surface area contributed by atoms with Gasteiger partial charge in [0.15, 0.2) is 0 Å². The number of pyridine rings is 1. The molecule has 0 atom stereocenters. The number of rotatable bonds is 3. The second-order valence-corrected chi connectivity index (χ2v) is 6.36. The van der Waals surface area contributed by atoms with Crippen molar-refractivity contribution in [3.8, 4) is 11.3 Å². The summed E-state index contributed by atoms with van der Waals surface area (Å²) in [5.41, 5.74) is 7.90. The molecule has 7 heteroatoms. The Balaban J connectivity index is 1.67. The molecule has 0 bridgehead atoms. The topological polar surface area (TPSA) is 93.3 Å². The summed E-state index contributed by atoms with van der Waals surface area (Å²) in [5, 5.41) is 1.01. The third kappa shape index (κ3) is 3.14. The van der Waals surface area contributed by atoms with Crippen LogP contribution in [0.25, 0.3) is 22.2 Å². The van der Waals surface area contributed by atoms with E-state index in [2.05, 4.69) is 28.1 Å². The SMILES string of the molecule is NC(=O)n1c[c]cc(-c2cc3cc(CN4CCOCC4)ccc3[nH]2)c1=O. The molecule has 0 aliphatic carbocycles. The molecule has 26 heavy (non-hydrogen) atoms. The summed E-state index contributed by atoms with van der Waals surface area (Å²) in [7, 11) is 0. The summed E-state index contributed by atoms with van der Waals surface area (Å²) in [6, 6.07) is 11.6. The zero-order chi connectivity index (χ0) is 18.1. The number of amides is 1. The number of nitrogens with one attached hydrogen (secondary N) is 1. The van der Waals surface area contributed by atoms with Gasteiger partial charge in [-0.2, -0.15) is 0 Å².